The van der Waals surface area contributed by atoms with Gasteiger partial charge in [-0.2, -0.15) is 0 Å². The molecule has 1 atom stereocenters. The minimum Gasteiger partial charge on any atom is -0.480 e. The van der Waals surface area contributed by atoms with Crippen molar-refractivity contribution in [3.8, 4) is 0 Å². The normalized spacial score (nSPS) is 21.2. The lowest BCUT2D eigenvalue weighted by Gasteiger charge is -2.22. The summed E-state index contributed by atoms with van der Waals surface area (Å²) in [7, 11) is 1.87. The van der Waals surface area contributed by atoms with Crippen molar-refractivity contribution >= 4 is 5.97 Å². The summed E-state index contributed by atoms with van der Waals surface area (Å²) >= 11 is 0. The number of carbonyl (C=O) groups is 1. The fourth-order valence-corrected chi connectivity index (χ4v) is 2.28. The molecule has 5 nitrogen and oxygen atoms in total. The molecule has 1 aromatic rings. The Bertz CT molecular complexity index is 364. The Morgan fingerprint density at radius 3 is 3.18 bits per heavy atom. The van der Waals surface area contributed by atoms with Crippen LogP contribution in [0.15, 0.2) is 22.8 Å². The molecule has 1 saturated heterocycles. The summed E-state index contributed by atoms with van der Waals surface area (Å²) in [6, 6.07) is 4.19. The first kappa shape index (κ1) is 12.1. The van der Waals surface area contributed by atoms with Crippen LogP contribution in [-0.4, -0.2) is 53.6 Å². The topological polar surface area (TPSA) is 56.9 Å². The zero-order valence-electron chi connectivity index (χ0n) is 10.0. The zero-order chi connectivity index (χ0) is 12.3. The number of likely N-dealkylation sites (tertiary alicyclic amines) is 1. The van der Waals surface area contributed by atoms with Crippen molar-refractivity contribution in [1.29, 1.82) is 0 Å². The number of aliphatic carboxylic acids is 1. The number of furan rings is 1. The number of hydrogen-bond acceptors (Lipinski definition) is 4. The number of likely N-dealkylation sites (N-methyl/N-ethyl adjacent to an activating group) is 1. The maximum Gasteiger partial charge on any atom is 0.317 e. The number of carboxylic acid groups (broad SMARTS) is 1. The predicted molar refractivity (Wildman–Crippen MR) is 62.7 cm³/mol. The quantitative estimate of drug-likeness (QED) is 0.825. The van der Waals surface area contributed by atoms with E-state index in [1.165, 1.54) is 0 Å². The van der Waals surface area contributed by atoms with Crippen LogP contribution < -0.4 is 0 Å². The van der Waals surface area contributed by atoms with Gasteiger partial charge in [0, 0.05) is 19.1 Å². The molecule has 0 aliphatic carbocycles. The Morgan fingerprint density at radius 1 is 1.71 bits per heavy atom. The molecule has 0 amide bonds. The van der Waals surface area contributed by atoms with Crippen molar-refractivity contribution in [2.24, 2.45) is 0 Å². The molecule has 2 rings (SSSR count). The van der Waals surface area contributed by atoms with Gasteiger partial charge in [0.25, 0.3) is 0 Å². The van der Waals surface area contributed by atoms with Crippen LogP contribution in [-0.2, 0) is 11.3 Å². The summed E-state index contributed by atoms with van der Waals surface area (Å²) in [5.74, 6) is 0.198. The van der Waals surface area contributed by atoms with Crippen LogP contribution in [0.1, 0.15) is 12.2 Å². The Labute approximate surface area is 101 Å². The largest absolute Gasteiger partial charge is 0.480 e. The molecule has 1 aliphatic heterocycles. The fourth-order valence-electron chi connectivity index (χ4n) is 2.28. The van der Waals surface area contributed by atoms with Crippen molar-refractivity contribution in [1.82, 2.24) is 9.80 Å². The summed E-state index contributed by atoms with van der Waals surface area (Å²) in [6.07, 6.45) is 2.70. The molecule has 0 spiro atoms. The first-order chi connectivity index (χ1) is 8.15. The summed E-state index contributed by atoms with van der Waals surface area (Å²) in [4.78, 5) is 14.8. The second-order valence-corrected chi connectivity index (χ2v) is 4.57. The highest BCUT2D eigenvalue weighted by Gasteiger charge is 2.26. The fraction of sp³-hybridized carbons (Fsp3) is 0.583. The van der Waals surface area contributed by atoms with Gasteiger partial charge in [-0.05, 0) is 25.6 Å². The molecular weight excluding hydrogens is 220 g/mol. The van der Waals surface area contributed by atoms with Crippen molar-refractivity contribution < 1.29 is 14.3 Å². The Kier molecular flexibility index (Phi) is 3.81. The molecule has 1 aromatic heterocycles. The van der Waals surface area contributed by atoms with Gasteiger partial charge in [0.2, 0.25) is 0 Å². The molecule has 5 heteroatoms. The third-order valence-electron chi connectivity index (χ3n) is 3.22. The standard InChI is InChI=1S/C12H18N2O3/c1-13(9-12(15)16)10-4-5-14(7-10)8-11-3-2-6-17-11/h2-3,6,10H,4-5,7-9H2,1H3,(H,15,16). The van der Waals surface area contributed by atoms with E-state index in [1.807, 2.05) is 24.1 Å². The van der Waals surface area contributed by atoms with E-state index < -0.39 is 5.97 Å². The Balaban J connectivity index is 1.81. The molecule has 0 radical (unpaired) electrons. The van der Waals surface area contributed by atoms with Crippen LogP contribution in [0.5, 0.6) is 0 Å². The average Bonchev–Trinajstić information content (AvgIpc) is 2.88. The molecule has 1 N–H and O–H groups in total. The highest BCUT2D eigenvalue weighted by Crippen LogP contribution is 2.17. The first-order valence-electron chi connectivity index (χ1n) is 5.82. The third-order valence-corrected chi connectivity index (χ3v) is 3.22. The molecule has 1 fully saturated rings. The summed E-state index contributed by atoms with van der Waals surface area (Å²) in [5.41, 5.74) is 0. The van der Waals surface area contributed by atoms with E-state index in [-0.39, 0.29) is 6.54 Å². The molecule has 94 valence electrons. The van der Waals surface area contributed by atoms with E-state index in [0.29, 0.717) is 6.04 Å². The highest BCUT2D eigenvalue weighted by atomic mass is 16.4. The number of carboxylic acids is 1. The van der Waals surface area contributed by atoms with E-state index in [1.54, 1.807) is 6.26 Å². The van der Waals surface area contributed by atoms with Gasteiger partial charge in [-0.15, -0.1) is 0 Å². The van der Waals surface area contributed by atoms with Crippen molar-refractivity contribution in [2.45, 2.75) is 19.0 Å². The zero-order valence-corrected chi connectivity index (χ0v) is 10.0. The van der Waals surface area contributed by atoms with Gasteiger partial charge < -0.3 is 9.52 Å². The van der Waals surface area contributed by atoms with Gasteiger partial charge in [0.05, 0.1) is 19.4 Å². The Hall–Kier alpha value is -1.33. The molecule has 1 unspecified atom stereocenters. The minimum atomic E-state index is -0.767. The second kappa shape index (κ2) is 5.33. The van der Waals surface area contributed by atoms with Crippen LogP contribution in [0.4, 0.5) is 0 Å². The number of nitrogens with zero attached hydrogens (tertiary/aromatic N) is 2. The highest BCUT2D eigenvalue weighted by molar-refractivity contribution is 5.69. The van der Waals surface area contributed by atoms with E-state index in [0.717, 1.165) is 31.8 Å². The molecule has 17 heavy (non-hydrogen) atoms. The van der Waals surface area contributed by atoms with E-state index in [9.17, 15) is 4.79 Å². The van der Waals surface area contributed by atoms with Gasteiger partial charge in [-0.25, -0.2) is 0 Å². The van der Waals surface area contributed by atoms with Crippen LogP contribution in [0.3, 0.4) is 0 Å². The first-order valence-corrected chi connectivity index (χ1v) is 5.82. The van der Waals surface area contributed by atoms with Gasteiger partial charge in [-0.3, -0.25) is 14.6 Å². The van der Waals surface area contributed by atoms with Crippen molar-refractivity contribution in [2.75, 3.05) is 26.7 Å². The monoisotopic (exact) mass is 238 g/mol. The van der Waals surface area contributed by atoms with Crippen molar-refractivity contribution in [3.05, 3.63) is 24.2 Å². The van der Waals surface area contributed by atoms with Crippen LogP contribution in [0.25, 0.3) is 0 Å². The Morgan fingerprint density at radius 2 is 2.53 bits per heavy atom. The van der Waals surface area contributed by atoms with Gasteiger partial charge in [0.15, 0.2) is 0 Å². The van der Waals surface area contributed by atoms with E-state index in [4.69, 9.17) is 9.52 Å². The second-order valence-electron chi connectivity index (χ2n) is 4.57. The third kappa shape index (κ3) is 3.31. The summed E-state index contributed by atoms with van der Waals surface area (Å²) in [5, 5.41) is 8.75. The molecule has 2 heterocycles. The van der Waals surface area contributed by atoms with Crippen LogP contribution in [0.2, 0.25) is 0 Å². The van der Waals surface area contributed by atoms with Gasteiger partial charge >= 0.3 is 5.97 Å². The molecule has 0 aromatic carbocycles. The molecule has 0 saturated carbocycles. The van der Waals surface area contributed by atoms with E-state index >= 15 is 0 Å². The lowest BCUT2D eigenvalue weighted by molar-refractivity contribution is -0.138. The number of hydrogen-bond donors (Lipinski definition) is 1. The lowest BCUT2D eigenvalue weighted by Crippen LogP contribution is -2.37. The van der Waals surface area contributed by atoms with E-state index in [2.05, 4.69) is 4.90 Å². The minimum absolute atomic E-state index is 0.110. The maximum absolute atomic E-state index is 10.6. The van der Waals surface area contributed by atoms with Crippen LogP contribution in [0, 0.1) is 0 Å². The number of rotatable bonds is 5. The molecule has 1 aliphatic rings. The smallest absolute Gasteiger partial charge is 0.317 e. The van der Waals surface area contributed by atoms with Gasteiger partial charge in [-0.1, -0.05) is 0 Å². The van der Waals surface area contributed by atoms with Gasteiger partial charge in [0.1, 0.15) is 5.76 Å². The van der Waals surface area contributed by atoms with Crippen LogP contribution >= 0.6 is 0 Å². The maximum atomic E-state index is 10.6. The van der Waals surface area contributed by atoms with Crippen molar-refractivity contribution in [3.63, 3.8) is 0 Å². The molecular formula is C12H18N2O3. The lowest BCUT2D eigenvalue weighted by atomic mass is 10.2. The SMILES string of the molecule is CN(CC(=O)O)C1CCN(Cc2ccco2)C1. The average molecular weight is 238 g/mol. The summed E-state index contributed by atoms with van der Waals surface area (Å²) < 4.78 is 5.31. The predicted octanol–water partition coefficient (Wildman–Crippen LogP) is 0.870. The molecule has 0 bridgehead atoms. The summed E-state index contributed by atoms with van der Waals surface area (Å²) in [6.45, 7) is 2.82.